The Morgan fingerprint density at radius 2 is 2.21 bits per heavy atom. The number of benzene rings is 1. The van der Waals surface area contributed by atoms with E-state index in [4.69, 9.17) is 10.5 Å². The minimum Gasteiger partial charge on any atom is -0.491 e. The third kappa shape index (κ3) is 2.21. The maximum absolute atomic E-state index is 5.87. The smallest absolute Gasteiger partial charge is 0.181 e. The van der Waals surface area contributed by atoms with Crippen molar-refractivity contribution < 1.29 is 4.74 Å². The monoisotopic (exact) mass is 273 g/mol. The molecule has 3 aromatic rings. The number of nitrogens with zero attached hydrogens (tertiary/aromatic N) is 2. The first-order valence-corrected chi connectivity index (χ1v) is 7.03. The van der Waals surface area contributed by atoms with E-state index in [1.54, 1.807) is 6.20 Å². The fourth-order valence-corrected chi connectivity index (χ4v) is 2.77. The number of pyridine rings is 1. The van der Waals surface area contributed by atoms with E-state index in [0.717, 1.165) is 26.9 Å². The molecule has 0 spiro atoms. The zero-order valence-corrected chi connectivity index (χ0v) is 11.7. The molecule has 98 valence electrons. The quantitative estimate of drug-likeness (QED) is 0.793. The highest BCUT2D eigenvalue weighted by molar-refractivity contribution is 7.22. The summed E-state index contributed by atoms with van der Waals surface area (Å²) >= 11 is 1.47. The molecule has 3 rings (SSSR count). The predicted octanol–water partition coefficient (Wildman–Crippen LogP) is 3.46. The zero-order chi connectivity index (χ0) is 13.4. The topological polar surface area (TPSA) is 61.0 Å². The van der Waals surface area contributed by atoms with Crippen LogP contribution in [0.5, 0.6) is 5.75 Å². The van der Waals surface area contributed by atoms with Crippen LogP contribution in [0.15, 0.2) is 24.4 Å². The number of hydrogen-bond acceptors (Lipinski definition) is 5. The first-order chi connectivity index (χ1) is 9.15. The molecular formula is C14H15N3OS. The van der Waals surface area contributed by atoms with Crippen molar-refractivity contribution in [3.05, 3.63) is 24.4 Å². The van der Waals surface area contributed by atoms with Gasteiger partial charge in [0, 0.05) is 17.6 Å². The van der Waals surface area contributed by atoms with Crippen molar-refractivity contribution in [1.82, 2.24) is 9.97 Å². The van der Waals surface area contributed by atoms with Crippen LogP contribution in [-0.4, -0.2) is 16.6 Å². The highest BCUT2D eigenvalue weighted by Gasteiger charge is 2.12. The van der Waals surface area contributed by atoms with Crippen LogP contribution in [-0.2, 0) is 0 Å². The van der Waals surface area contributed by atoms with E-state index in [9.17, 15) is 0 Å². The number of nitrogen functional groups attached to an aromatic ring is 1. The second-order valence-corrected chi connectivity index (χ2v) is 5.94. The van der Waals surface area contributed by atoms with E-state index >= 15 is 0 Å². The van der Waals surface area contributed by atoms with E-state index in [1.165, 1.54) is 11.3 Å². The molecule has 0 aliphatic carbocycles. The predicted molar refractivity (Wildman–Crippen MR) is 79.7 cm³/mol. The summed E-state index contributed by atoms with van der Waals surface area (Å²) in [5.74, 6) is 1.28. The van der Waals surface area contributed by atoms with Crippen LogP contribution in [0, 0.1) is 5.92 Å². The number of thiazole rings is 1. The van der Waals surface area contributed by atoms with Crippen molar-refractivity contribution in [2.75, 3.05) is 12.3 Å². The van der Waals surface area contributed by atoms with Gasteiger partial charge in [0.25, 0.3) is 0 Å². The molecule has 1 aromatic carbocycles. The first-order valence-electron chi connectivity index (χ1n) is 6.21. The van der Waals surface area contributed by atoms with E-state index in [-0.39, 0.29) is 0 Å². The summed E-state index contributed by atoms with van der Waals surface area (Å²) in [6.07, 6.45) is 1.77. The average molecular weight is 273 g/mol. The van der Waals surface area contributed by atoms with Crippen LogP contribution in [0.25, 0.3) is 21.1 Å². The minimum absolute atomic E-state index is 0.473. The number of rotatable bonds is 3. The largest absolute Gasteiger partial charge is 0.491 e. The van der Waals surface area contributed by atoms with Gasteiger partial charge in [-0.05, 0) is 18.1 Å². The molecule has 0 aliphatic heterocycles. The van der Waals surface area contributed by atoms with Gasteiger partial charge >= 0.3 is 0 Å². The highest BCUT2D eigenvalue weighted by Crippen LogP contribution is 2.35. The fourth-order valence-electron chi connectivity index (χ4n) is 1.99. The summed E-state index contributed by atoms with van der Waals surface area (Å²) in [5.41, 5.74) is 7.55. The SMILES string of the molecule is CC(C)COc1cc2sc(N)nc2c2cccnc12. The summed E-state index contributed by atoms with van der Waals surface area (Å²) in [4.78, 5) is 8.80. The van der Waals surface area contributed by atoms with E-state index < -0.39 is 0 Å². The maximum atomic E-state index is 5.87. The summed E-state index contributed by atoms with van der Waals surface area (Å²) in [6, 6.07) is 5.90. The van der Waals surface area contributed by atoms with Crippen LogP contribution in [0.4, 0.5) is 5.13 Å². The third-order valence-corrected chi connectivity index (χ3v) is 3.63. The number of ether oxygens (including phenoxy) is 1. The molecule has 4 nitrogen and oxygen atoms in total. The Kier molecular flexibility index (Phi) is 2.98. The number of aromatic nitrogens is 2. The molecule has 0 bridgehead atoms. The first kappa shape index (κ1) is 12.2. The Morgan fingerprint density at radius 3 is 3.00 bits per heavy atom. The Hall–Kier alpha value is -1.88. The second-order valence-electron chi connectivity index (χ2n) is 4.88. The van der Waals surface area contributed by atoms with Crippen LogP contribution >= 0.6 is 11.3 Å². The summed E-state index contributed by atoms with van der Waals surface area (Å²) < 4.78 is 6.91. The molecule has 0 atom stereocenters. The second kappa shape index (κ2) is 4.66. The number of fused-ring (bicyclic) bond motifs is 3. The van der Waals surface area contributed by atoms with Gasteiger partial charge in [0.05, 0.1) is 16.8 Å². The Morgan fingerprint density at radius 1 is 1.37 bits per heavy atom. The van der Waals surface area contributed by atoms with E-state index in [0.29, 0.717) is 17.7 Å². The molecule has 0 radical (unpaired) electrons. The van der Waals surface area contributed by atoms with Gasteiger partial charge in [-0.15, -0.1) is 0 Å². The Bertz CT molecular complexity index is 736. The molecule has 2 aromatic heterocycles. The molecule has 0 unspecified atom stereocenters. The molecule has 0 saturated carbocycles. The summed E-state index contributed by atoms with van der Waals surface area (Å²) in [7, 11) is 0. The lowest BCUT2D eigenvalue weighted by Gasteiger charge is -2.10. The third-order valence-electron chi connectivity index (χ3n) is 2.80. The average Bonchev–Trinajstić information content (AvgIpc) is 2.76. The molecule has 2 heterocycles. The Balaban J connectivity index is 2.23. The molecule has 0 amide bonds. The number of hydrogen-bond donors (Lipinski definition) is 1. The standard InChI is InChI=1S/C14H15N3OS/c1-8(2)7-18-10-6-11-13(17-14(15)19-11)9-4-3-5-16-12(9)10/h3-6,8H,7H2,1-2H3,(H2,15,17). The van der Waals surface area contributed by atoms with Gasteiger partial charge in [-0.2, -0.15) is 0 Å². The van der Waals surface area contributed by atoms with Gasteiger partial charge in [-0.3, -0.25) is 4.98 Å². The van der Waals surface area contributed by atoms with Gasteiger partial charge in [0.1, 0.15) is 11.3 Å². The van der Waals surface area contributed by atoms with Crippen molar-refractivity contribution in [1.29, 1.82) is 0 Å². The lowest BCUT2D eigenvalue weighted by molar-refractivity contribution is 0.274. The summed E-state index contributed by atoms with van der Waals surface area (Å²) in [5, 5.41) is 1.56. The lowest BCUT2D eigenvalue weighted by atomic mass is 10.2. The Labute approximate surface area is 115 Å². The zero-order valence-electron chi connectivity index (χ0n) is 10.9. The van der Waals surface area contributed by atoms with E-state index in [2.05, 4.69) is 23.8 Å². The maximum Gasteiger partial charge on any atom is 0.181 e. The number of nitrogens with two attached hydrogens (primary N) is 1. The molecular weight excluding hydrogens is 258 g/mol. The minimum atomic E-state index is 0.473. The van der Waals surface area contributed by atoms with Gasteiger partial charge in [0.15, 0.2) is 5.13 Å². The van der Waals surface area contributed by atoms with Gasteiger partial charge in [-0.25, -0.2) is 4.98 Å². The fraction of sp³-hybridized carbons (Fsp3) is 0.286. The highest BCUT2D eigenvalue weighted by atomic mass is 32.1. The van der Waals surface area contributed by atoms with Crippen molar-refractivity contribution in [3.8, 4) is 5.75 Å². The van der Waals surface area contributed by atoms with Crippen molar-refractivity contribution in [2.24, 2.45) is 5.92 Å². The van der Waals surface area contributed by atoms with Gasteiger partial charge in [-0.1, -0.05) is 25.2 Å². The molecule has 2 N–H and O–H groups in total. The number of anilines is 1. The van der Waals surface area contributed by atoms with Crippen LogP contribution in [0.1, 0.15) is 13.8 Å². The summed E-state index contributed by atoms with van der Waals surface area (Å²) in [6.45, 7) is 4.92. The van der Waals surface area contributed by atoms with Crippen LogP contribution in [0.2, 0.25) is 0 Å². The molecule has 19 heavy (non-hydrogen) atoms. The normalized spacial score (nSPS) is 11.5. The molecule has 0 aliphatic rings. The molecule has 0 saturated heterocycles. The van der Waals surface area contributed by atoms with Gasteiger partial charge < -0.3 is 10.5 Å². The van der Waals surface area contributed by atoms with Crippen LogP contribution < -0.4 is 10.5 Å². The molecule has 0 fully saturated rings. The van der Waals surface area contributed by atoms with Crippen molar-refractivity contribution in [2.45, 2.75) is 13.8 Å². The van der Waals surface area contributed by atoms with Gasteiger partial charge in [0.2, 0.25) is 0 Å². The van der Waals surface area contributed by atoms with E-state index in [1.807, 2.05) is 18.2 Å². The van der Waals surface area contributed by atoms with Crippen molar-refractivity contribution >= 4 is 37.6 Å². The van der Waals surface area contributed by atoms with Crippen molar-refractivity contribution in [3.63, 3.8) is 0 Å². The lowest BCUT2D eigenvalue weighted by Crippen LogP contribution is -2.05. The molecule has 5 heteroatoms. The van der Waals surface area contributed by atoms with Crippen LogP contribution in [0.3, 0.4) is 0 Å².